The Morgan fingerprint density at radius 1 is 1.33 bits per heavy atom. The molecule has 156 valence electrons. The summed E-state index contributed by atoms with van der Waals surface area (Å²) in [5.41, 5.74) is 5.40. The van der Waals surface area contributed by atoms with Crippen molar-refractivity contribution in [1.82, 2.24) is 24.1 Å². The Labute approximate surface area is 172 Å². The van der Waals surface area contributed by atoms with Gasteiger partial charge in [-0.05, 0) is 46.7 Å². The van der Waals surface area contributed by atoms with Gasteiger partial charge in [-0.1, -0.05) is 0 Å². The third-order valence-corrected chi connectivity index (χ3v) is 5.32. The topological polar surface area (TPSA) is 89.4 Å². The molecule has 0 radical (unpaired) electrons. The maximum Gasteiger partial charge on any atom is 0.345 e. The summed E-state index contributed by atoms with van der Waals surface area (Å²) in [6.07, 6.45) is 3.44. The van der Waals surface area contributed by atoms with Gasteiger partial charge in [0.1, 0.15) is 5.82 Å². The van der Waals surface area contributed by atoms with E-state index in [1.165, 1.54) is 0 Å². The average Bonchev–Trinajstić information content (AvgIpc) is 3.26. The van der Waals surface area contributed by atoms with Crippen LogP contribution in [0.5, 0.6) is 0 Å². The van der Waals surface area contributed by atoms with Crippen LogP contribution in [-0.4, -0.2) is 69.3 Å². The molecule has 8 nitrogen and oxygen atoms in total. The summed E-state index contributed by atoms with van der Waals surface area (Å²) in [6, 6.07) is 0. The van der Waals surface area contributed by atoms with Crippen molar-refractivity contribution < 1.29 is 4.79 Å². The second kappa shape index (κ2) is 9.41. The van der Waals surface area contributed by atoms with Crippen molar-refractivity contribution >= 4 is 30.7 Å². The van der Waals surface area contributed by atoms with E-state index in [9.17, 15) is 9.59 Å². The van der Waals surface area contributed by atoms with E-state index in [2.05, 4.69) is 5.10 Å². The molecule has 2 fully saturated rings. The third-order valence-electron chi connectivity index (χ3n) is 5.32. The van der Waals surface area contributed by atoms with Gasteiger partial charge in [0.2, 0.25) is 5.91 Å². The third kappa shape index (κ3) is 5.04. The van der Waals surface area contributed by atoms with Gasteiger partial charge in [0.25, 0.3) is 0 Å². The summed E-state index contributed by atoms with van der Waals surface area (Å²) in [5.74, 6) is 0.980. The highest BCUT2D eigenvalue weighted by Crippen LogP contribution is 2.36. The smallest absolute Gasteiger partial charge is 0.340 e. The second-order valence-electron chi connectivity index (χ2n) is 7.66. The molecule has 3 rings (SSSR count). The predicted molar refractivity (Wildman–Crippen MR) is 110 cm³/mol. The SMILES string of the molecule is CCn1c(C2CCCN(C(=O)C3(N)CC3)C2)nn(CCN(C)C)c1=O.Cl.Cl. The zero-order valence-corrected chi connectivity index (χ0v) is 18.0. The minimum Gasteiger partial charge on any atom is -0.340 e. The molecule has 1 amide bonds. The Hall–Kier alpha value is -1.09. The molecule has 10 heteroatoms. The molecule has 1 saturated heterocycles. The first-order valence-corrected chi connectivity index (χ1v) is 9.26. The molecular formula is C17H32Cl2N6O2. The summed E-state index contributed by atoms with van der Waals surface area (Å²) in [6.45, 7) is 5.28. The Kier molecular flexibility index (Phi) is 8.34. The summed E-state index contributed by atoms with van der Waals surface area (Å²) in [4.78, 5) is 29.1. The van der Waals surface area contributed by atoms with Crippen molar-refractivity contribution in [1.29, 1.82) is 0 Å². The molecule has 2 aliphatic rings. The minimum atomic E-state index is -0.628. The van der Waals surface area contributed by atoms with Crippen LogP contribution in [0.3, 0.4) is 0 Å². The number of likely N-dealkylation sites (N-methyl/N-ethyl adjacent to an activating group) is 1. The lowest BCUT2D eigenvalue weighted by Crippen LogP contribution is -2.49. The van der Waals surface area contributed by atoms with E-state index in [0.717, 1.165) is 44.6 Å². The summed E-state index contributed by atoms with van der Waals surface area (Å²) in [7, 11) is 3.96. The number of rotatable bonds is 6. The van der Waals surface area contributed by atoms with Crippen LogP contribution in [0.1, 0.15) is 44.3 Å². The molecule has 1 saturated carbocycles. The van der Waals surface area contributed by atoms with E-state index in [4.69, 9.17) is 5.73 Å². The highest BCUT2D eigenvalue weighted by molar-refractivity contribution is 5.89. The van der Waals surface area contributed by atoms with Crippen LogP contribution in [0.4, 0.5) is 0 Å². The van der Waals surface area contributed by atoms with Gasteiger partial charge in [-0.2, -0.15) is 5.10 Å². The van der Waals surface area contributed by atoms with Gasteiger partial charge in [0.15, 0.2) is 0 Å². The quantitative estimate of drug-likeness (QED) is 0.727. The van der Waals surface area contributed by atoms with Crippen LogP contribution in [0, 0.1) is 0 Å². The number of hydrogen-bond acceptors (Lipinski definition) is 5. The molecule has 0 aromatic carbocycles. The first kappa shape index (κ1) is 23.9. The molecule has 1 aromatic rings. The fourth-order valence-electron chi connectivity index (χ4n) is 3.53. The number of nitrogens with two attached hydrogens (primary N) is 1. The highest BCUT2D eigenvalue weighted by atomic mass is 35.5. The molecule has 1 aromatic heterocycles. The van der Waals surface area contributed by atoms with Crippen molar-refractivity contribution in [2.45, 2.75) is 57.2 Å². The molecule has 2 N–H and O–H groups in total. The lowest BCUT2D eigenvalue weighted by Gasteiger charge is -2.34. The normalized spacial score (nSPS) is 20.8. The molecule has 27 heavy (non-hydrogen) atoms. The monoisotopic (exact) mass is 422 g/mol. The van der Waals surface area contributed by atoms with Crippen LogP contribution in [-0.2, 0) is 17.9 Å². The summed E-state index contributed by atoms with van der Waals surface area (Å²) < 4.78 is 3.31. The van der Waals surface area contributed by atoms with Crippen molar-refractivity contribution in [3.8, 4) is 0 Å². The molecular weight excluding hydrogens is 391 g/mol. The van der Waals surface area contributed by atoms with Gasteiger partial charge in [-0.15, -0.1) is 24.8 Å². The fraction of sp³-hybridized carbons (Fsp3) is 0.824. The van der Waals surface area contributed by atoms with E-state index in [1.54, 1.807) is 9.25 Å². The van der Waals surface area contributed by atoms with E-state index in [0.29, 0.717) is 19.6 Å². The van der Waals surface area contributed by atoms with Gasteiger partial charge in [0, 0.05) is 32.1 Å². The molecule has 1 aliphatic heterocycles. The number of aromatic nitrogens is 3. The van der Waals surface area contributed by atoms with E-state index in [1.807, 2.05) is 30.8 Å². The lowest BCUT2D eigenvalue weighted by atomic mass is 9.96. The second-order valence-corrected chi connectivity index (χ2v) is 7.66. The maximum atomic E-state index is 12.6. The number of hydrogen-bond donors (Lipinski definition) is 1. The van der Waals surface area contributed by atoms with Gasteiger partial charge in [0.05, 0.1) is 12.1 Å². The van der Waals surface area contributed by atoms with E-state index < -0.39 is 5.54 Å². The van der Waals surface area contributed by atoms with Crippen LogP contribution >= 0.6 is 24.8 Å². The lowest BCUT2D eigenvalue weighted by molar-refractivity contribution is -0.134. The maximum absolute atomic E-state index is 12.6. The number of likely N-dealkylation sites (tertiary alicyclic amines) is 1. The number of amides is 1. The largest absolute Gasteiger partial charge is 0.345 e. The van der Waals surface area contributed by atoms with Crippen molar-refractivity contribution in [2.75, 3.05) is 33.7 Å². The summed E-state index contributed by atoms with van der Waals surface area (Å²) in [5, 5.41) is 4.62. The number of carbonyl (C=O) groups excluding carboxylic acids is 1. The summed E-state index contributed by atoms with van der Waals surface area (Å²) >= 11 is 0. The Bertz CT molecular complexity index is 698. The Morgan fingerprint density at radius 2 is 2.00 bits per heavy atom. The van der Waals surface area contributed by atoms with Gasteiger partial charge in [-0.3, -0.25) is 9.36 Å². The number of carbonyl (C=O) groups is 1. The average molecular weight is 423 g/mol. The number of nitrogens with zero attached hydrogens (tertiary/aromatic N) is 5. The molecule has 1 atom stereocenters. The first-order chi connectivity index (χ1) is 11.9. The molecule has 1 unspecified atom stereocenters. The molecule has 1 aliphatic carbocycles. The zero-order chi connectivity index (χ0) is 18.2. The number of halogens is 2. The number of piperidine rings is 1. The zero-order valence-electron chi connectivity index (χ0n) is 16.4. The van der Waals surface area contributed by atoms with Crippen LogP contribution in [0.25, 0.3) is 0 Å². The van der Waals surface area contributed by atoms with Crippen molar-refractivity contribution in [2.24, 2.45) is 5.73 Å². The molecule has 0 bridgehead atoms. The van der Waals surface area contributed by atoms with Crippen LogP contribution in [0.15, 0.2) is 4.79 Å². The predicted octanol–water partition coefficient (Wildman–Crippen LogP) is 0.667. The standard InChI is InChI=1S/C17H30N6O2.2ClH/c1-4-22-14(19-23(16(22)25)11-10-20(2)3)13-6-5-9-21(12-13)15(24)17(18)7-8-17;;/h13H,4-12,18H2,1-3H3;2*1H. The van der Waals surface area contributed by atoms with Crippen molar-refractivity contribution in [3.05, 3.63) is 16.3 Å². The Morgan fingerprint density at radius 3 is 2.56 bits per heavy atom. The van der Waals surface area contributed by atoms with Gasteiger partial charge >= 0.3 is 5.69 Å². The Balaban J connectivity index is 0.00000182. The van der Waals surface area contributed by atoms with E-state index >= 15 is 0 Å². The molecule has 0 spiro atoms. The highest BCUT2D eigenvalue weighted by Gasteiger charge is 2.49. The van der Waals surface area contributed by atoms with Crippen molar-refractivity contribution in [3.63, 3.8) is 0 Å². The minimum absolute atomic E-state index is 0. The van der Waals surface area contributed by atoms with E-state index in [-0.39, 0.29) is 42.3 Å². The van der Waals surface area contributed by atoms with Gasteiger partial charge in [-0.25, -0.2) is 9.48 Å². The van der Waals surface area contributed by atoms with Crippen LogP contribution < -0.4 is 11.4 Å². The fourth-order valence-corrected chi connectivity index (χ4v) is 3.53. The first-order valence-electron chi connectivity index (χ1n) is 9.26. The van der Waals surface area contributed by atoms with Gasteiger partial charge < -0.3 is 15.5 Å². The molecule has 2 heterocycles. The van der Waals surface area contributed by atoms with Crippen LogP contribution in [0.2, 0.25) is 0 Å².